The lowest BCUT2D eigenvalue weighted by Crippen LogP contribution is -2.01. The first-order valence-corrected chi connectivity index (χ1v) is 6.90. The minimum absolute atomic E-state index is 0.204. The van der Waals surface area contributed by atoms with Crippen molar-refractivity contribution in [2.45, 2.75) is 6.42 Å². The third-order valence-electron chi connectivity index (χ3n) is 2.37. The summed E-state index contributed by atoms with van der Waals surface area (Å²) in [6.45, 7) is 0. The van der Waals surface area contributed by atoms with Gasteiger partial charge in [-0.2, -0.15) is 0 Å². The highest BCUT2D eigenvalue weighted by atomic mass is 79.9. The van der Waals surface area contributed by atoms with Crippen molar-refractivity contribution in [3.05, 3.63) is 72.5 Å². The van der Waals surface area contributed by atoms with Crippen LogP contribution in [0.4, 0.5) is 0 Å². The van der Waals surface area contributed by atoms with Gasteiger partial charge >= 0.3 is 0 Å². The Bertz CT molecular complexity index is 578. The van der Waals surface area contributed by atoms with Crippen LogP contribution in [0, 0.1) is 10.1 Å². The van der Waals surface area contributed by atoms with Gasteiger partial charge in [-0.3, -0.25) is 10.1 Å². The molecular formula is C13H10BrNO2S. The molecule has 0 aliphatic carbocycles. The average molecular weight is 324 g/mol. The highest BCUT2D eigenvalue weighted by molar-refractivity contribution is 9.11. The van der Waals surface area contributed by atoms with E-state index in [1.165, 1.54) is 11.3 Å². The van der Waals surface area contributed by atoms with Gasteiger partial charge in [0.1, 0.15) is 0 Å². The highest BCUT2D eigenvalue weighted by Gasteiger charge is 2.12. The molecule has 92 valence electrons. The summed E-state index contributed by atoms with van der Waals surface area (Å²) in [5.74, 6) is 0. The topological polar surface area (TPSA) is 43.1 Å². The molecule has 0 radical (unpaired) electrons. The Hall–Kier alpha value is -1.46. The van der Waals surface area contributed by atoms with Crippen LogP contribution in [0.5, 0.6) is 0 Å². The van der Waals surface area contributed by atoms with Gasteiger partial charge in [0.2, 0.25) is 0 Å². The maximum Gasteiger partial charge on any atom is 0.252 e. The number of nitrogens with zero attached hydrogens (tertiary/aromatic N) is 1. The van der Waals surface area contributed by atoms with E-state index in [0.29, 0.717) is 6.42 Å². The fourth-order valence-corrected chi connectivity index (χ4v) is 2.93. The number of rotatable bonds is 4. The van der Waals surface area contributed by atoms with Crippen molar-refractivity contribution in [2.75, 3.05) is 0 Å². The molecule has 18 heavy (non-hydrogen) atoms. The summed E-state index contributed by atoms with van der Waals surface area (Å²) >= 11 is 4.83. The van der Waals surface area contributed by atoms with Crippen LogP contribution in [0.15, 0.2) is 51.9 Å². The first-order valence-electron chi connectivity index (χ1n) is 5.29. The van der Waals surface area contributed by atoms with Gasteiger partial charge < -0.3 is 0 Å². The Balaban J connectivity index is 2.24. The number of hydrogen-bond acceptors (Lipinski definition) is 3. The summed E-state index contributed by atoms with van der Waals surface area (Å²) in [4.78, 5) is 11.6. The molecule has 5 heteroatoms. The monoisotopic (exact) mass is 323 g/mol. The maximum atomic E-state index is 11.0. The minimum Gasteiger partial charge on any atom is -0.259 e. The van der Waals surface area contributed by atoms with Crippen molar-refractivity contribution in [3.63, 3.8) is 0 Å². The van der Waals surface area contributed by atoms with Gasteiger partial charge in [-0.1, -0.05) is 30.3 Å². The van der Waals surface area contributed by atoms with E-state index in [2.05, 4.69) is 15.9 Å². The zero-order valence-electron chi connectivity index (χ0n) is 9.38. The van der Waals surface area contributed by atoms with E-state index in [4.69, 9.17) is 0 Å². The van der Waals surface area contributed by atoms with Gasteiger partial charge in [0.15, 0.2) is 0 Å². The molecule has 0 aliphatic heterocycles. The molecule has 0 bridgehead atoms. The summed E-state index contributed by atoms with van der Waals surface area (Å²) in [5, 5.41) is 11.0. The molecule has 1 heterocycles. The number of benzene rings is 1. The molecule has 1 aromatic carbocycles. The molecule has 0 atom stereocenters. The smallest absolute Gasteiger partial charge is 0.252 e. The Kier molecular flexibility index (Phi) is 4.28. The van der Waals surface area contributed by atoms with Crippen molar-refractivity contribution >= 4 is 33.3 Å². The number of thiophene rings is 1. The normalized spacial score (nSPS) is 11.5. The molecule has 1 aromatic heterocycles. The van der Waals surface area contributed by atoms with Crippen LogP contribution < -0.4 is 0 Å². The predicted octanol–water partition coefficient (Wildman–Crippen LogP) is 4.37. The van der Waals surface area contributed by atoms with Gasteiger partial charge in [-0.05, 0) is 33.6 Å². The molecule has 0 amide bonds. The van der Waals surface area contributed by atoms with E-state index in [9.17, 15) is 10.1 Å². The van der Waals surface area contributed by atoms with E-state index >= 15 is 0 Å². The minimum atomic E-state index is -0.319. The molecule has 3 nitrogen and oxygen atoms in total. The van der Waals surface area contributed by atoms with Crippen molar-refractivity contribution in [3.8, 4) is 0 Å². The Morgan fingerprint density at radius 1 is 1.28 bits per heavy atom. The van der Waals surface area contributed by atoms with Gasteiger partial charge in [0, 0.05) is 11.0 Å². The largest absolute Gasteiger partial charge is 0.259 e. The van der Waals surface area contributed by atoms with Gasteiger partial charge in [-0.25, -0.2) is 0 Å². The Morgan fingerprint density at radius 3 is 2.56 bits per heavy atom. The fourth-order valence-electron chi connectivity index (χ4n) is 1.54. The van der Waals surface area contributed by atoms with Crippen molar-refractivity contribution in [1.82, 2.24) is 0 Å². The molecule has 0 saturated carbocycles. The third kappa shape index (κ3) is 3.51. The molecule has 0 N–H and O–H groups in total. The molecule has 0 fully saturated rings. The van der Waals surface area contributed by atoms with Crippen LogP contribution in [0.2, 0.25) is 0 Å². The van der Waals surface area contributed by atoms with E-state index in [1.807, 2.05) is 42.5 Å². The van der Waals surface area contributed by atoms with Crippen LogP contribution >= 0.6 is 27.3 Å². The molecule has 0 saturated heterocycles. The Morgan fingerprint density at radius 2 is 2.00 bits per heavy atom. The standard InChI is InChI=1S/C13H10BrNO2S/c14-13-7-6-12(18-13)9-11(15(16)17)8-10-4-2-1-3-5-10/h1-7,9H,8H2/b11-9-. The SMILES string of the molecule is O=[N+]([O-])/C(=C\c1ccc(Br)s1)Cc1ccccc1. The van der Waals surface area contributed by atoms with E-state index < -0.39 is 0 Å². The molecule has 0 unspecified atom stereocenters. The summed E-state index contributed by atoms with van der Waals surface area (Å²) in [7, 11) is 0. The van der Waals surface area contributed by atoms with Crippen LogP contribution in [-0.4, -0.2) is 4.92 Å². The molecule has 0 spiro atoms. The Labute approximate surface area is 117 Å². The maximum absolute atomic E-state index is 11.0. The van der Waals surface area contributed by atoms with Gasteiger partial charge in [0.25, 0.3) is 5.70 Å². The quantitative estimate of drug-likeness (QED) is 0.619. The summed E-state index contributed by atoms with van der Waals surface area (Å²) in [6, 6.07) is 13.2. The summed E-state index contributed by atoms with van der Waals surface area (Å²) in [5.41, 5.74) is 1.15. The zero-order chi connectivity index (χ0) is 13.0. The lowest BCUT2D eigenvalue weighted by Gasteiger charge is -1.98. The first-order chi connectivity index (χ1) is 8.65. The van der Waals surface area contributed by atoms with Crippen molar-refractivity contribution in [1.29, 1.82) is 0 Å². The van der Waals surface area contributed by atoms with Crippen LogP contribution in [0.3, 0.4) is 0 Å². The second kappa shape index (κ2) is 5.93. The van der Waals surface area contributed by atoms with Crippen LogP contribution in [-0.2, 0) is 6.42 Å². The van der Waals surface area contributed by atoms with Crippen molar-refractivity contribution in [2.24, 2.45) is 0 Å². The molecule has 0 aliphatic rings. The zero-order valence-corrected chi connectivity index (χ0v) is 11.8. The highest BCUT2D eigenvalue weighted by Crippen LogP contribution is 2.25. The molecule has 2 rings (SSSR count). The van der Waals surface area contributed by atoms with E-state index in [1.54, 1.807) is 6.08 Å². The lowest BCUT2D eigenvalue weighted by atomic mass is 10.1. The number of nitro groups is 1. The molecule has 2 aromatic rings. The van der Waals surface area contributed by atoms with Gasteiger partial charge in [-0.15, -0.1) is 11.3 Å². The van der Waals surface area contributed by atoms with E-state index in [0.717, 1.165) is 14.2 Å². The second-order valence-corrected chi connectivity index (χ2v) is 6.19. The summed E-state index contributed by atoms with van der Waals surface area (Å²) < 4.78 is 0.969. The second-order valence-electron chi connectivity index (χ2n) is 3.70. The first kappa shape index (κ1) is 13.0. The predicted molar refractivity (Wildman–Crippen MR) is 77.1 cm³/mol. The fraction of sp³-hybridized carbons (Fsp3) is 0.0769. The van der Waals surface area contributed by atoms with E-state index in [-0.39, 0.29) is 10.6 Å². The lowest BCUT2D eigenvalue weighted by molar-refractivity contribution is -0.425. The van der Waals surface area contributed by atoms with Gasteiger partial charge in [0.05, 0.1) is 15.1 Å². The third-order valence-corrected chi connectivity index (χ3v) is 3.94. The summed E-state index contributed by atoms with van der Waals surface area (Å²) in [6.07, 6.45) is 1.96. The average Bonchev–Trinajstić information content (AvgIpc) is 2.75. The van der Waals surface area contributed by atoms with Crippen LogP contribution in [0.25, 0.3) is 6.08 Å². The van der Waals surface area contributed by atoms with Crippen molar-refractivity contribution < 1.29 is 4.92 Å². The van der Waals surface area contributed by atoms with Crippen LogP contribution in [0.1, 0.15) is 10.4 Å². The number of hydrogen-bond donors (Lipinski definition) is 0. The molecular weight excluding hydrogens is 314 g/mol. The number of halogens is 1. The number of allylic oxidation sites excluding steroid dienone is 1.